The molecule has 0 radical (unpaired) electrons. The molecule has 0 atom stereocenters. The van der Waals surface area contributed by atoms with Crippen LogP contribution in [0.15, 0.2) is 52.1 Å². The highest BCUT2D eigenvalue weighted by molar-refractivity contribution is 6.31. The van der Waals surface area contributed by atoms with Gasteiger partial charge in [-0.25, -0.2) is 9.59 Å². The van der Waals surface area contributed by atoms with Gasteiger partial charge in [-0.15, -0.1) is 0 Å². The number of para-hydroxylation sites is 2. The van der Waals surface area contributed by atoms with Crippen molar-refractivity contribution in [1.82, 2.24) is 23.6 Å². The third-order valence-electron chi connectivity index (χ3n) is 6.51. The van der Waals surface area contributed by atoms with Crippen LogP contribution in [0.25, 0.3) is 22.1 Å². The van der Waals surface area contributed by atoms with E-state index in [9.17, 15) is 9.59 Å². The molecule has 33 heavy (non-hydrogen) atoms. The lowest BCUT2D eigenvalue weighted by Crippen LogP contribution is -2.37. The van der Waals surface area contributed by atoms with Crippen molar-refractivity contribution in [3.05, 3.63) is 68.5 Å². The van der Waals surface area contributed by atoms with Gasteiger partial charge in [-0.05, 0) is 56.1 Å². The second kappa shape index (κ2) is 10.0. The van der Waals surface area contributed by atoms with Crippen LogP contribution in [0.5, 0.6) is 0 Å². The molecule has 0 unspecified atom stereocenters. The largest absolute Gasteiger partial charge is 0.328 e. The number of fused-ring (bicyclic) bond motifs is 2. The molecule has 1 aliphatic heterocycles. The van der Waals surface area contributed by atoms with Gasteiger partial charge in [0.2, 0.25) is 0 Å². The van der Waals surface area contributed by atoms with Gasteiger partial charge in [0.1, 0.15) is 0 Å². The number of nitrogens with zero attached hydrogens (tertiary/aromatic N) is 4. The number of likely N-dealkylation sites (tertiary alicyclic amines) is 1. The van der Waals surface area contributed by atoms with Crippen LogP contribution in [0.1, 0.15) is 39.2 Å². The lowest BCUT2D eigenvalue weighted by atomic mass is 10.0. The summed E-state index contributed by atoms with van der Waals surface area (Å²) in [6.07, 6.45) is 2.79. The van der Waals surface area contributed by atoms with Crippen LogP contribution in [0.4, 0.5) is 0 Å². The molecule has 1 aliphatic rings. The highest BCUT2D eigenvalue weighted by Crippen LogP contribution is 2.26. The summed E-state index contributed by atoms with van der Waals surface area (Å²) >= 11 is 6.06. The molecule has 1 N–H and O–H groups in total. The van der Waals surface area contributed by atoms with Crippen molar-refractivity contribution in [3.63, 3.8) is 0 Å². The highest BCUT2D eigenvalue weighted by atomic mass is 35.5. The minimum absolute atomic E-state index is 0.0405. The SMILES string of the molecule is CC.Cn1c(=O)n(CCCN2CCC(n3c(=O)[nH]c4cc(Cl)ccc43)CC2)c2ccccc21. The Labute approximate surface area is 198 Å². The van der Waals surface area contributed by atoms with E-state index in [-0.39, 0.29) is 17.4 Å². The Bertz CT molecular complexity index is 1350. The van der Waals surface area contributed by atoms with Gasteiger partial charge >= 0.3 is 11.4 Å². The second-order valence-corrected chi connectivity index (χ2v) is 8.81. The van der Waals surface area contributed by atoms with Gasteiger partial charge in [-0.3, -0.25) is 13.7 Å². The van der Waals surface area contributed by atoms with Crippen LogP contribution in [-0.4, -0.2) is 43.2 Å². The summed E-state index contributed by atoms with van der Waals surface area (Å²) < 4.78 is 5.48. The van der Waals surface area contributed by atoms with Crippen molar-refractivity contribution in [2.75, 3.05) is 19.6 Å². The summed E-state index contributed by atoms with van der Waals surface area (Å²) in [7, 11) is 1.83. The summed E-state index contributed by atoms with van der Waals surface area (Å²) in [5.41, 5.74) is 3.65. The van der Waals surface area contributed by atoms with Gasteiger partial charge in [0.15, 0.2) is 0 Å². The normalized spacial score (nSPS) is 15.2. The van der Waals surface area contributed by atoms with E-state index in [4.69, 9.17) is 11.6 Å². The van der Waals surface area contributed by atoms with Gasteiger partial charge in [0.25, 0.3) is 0 Å². The molecule has 1 fully saturated rings. The lowest BCUT2D eigenvalue weighted by Gasteiger charge is -2.32. The number of nitrogens with one attached hydrogen (secondary N) is 1. The fraction of sp³-hybridized carbons (Fsp3) is 0.440. The maximum Gasteiger partial charge on any atom is 0.328 e. The standard InChI is InChI=1S/C23H26ClN5O2.C2H6/c1-26-20-5-2-3-6-21(20)28(23(26)31)12-4-11-27-13-9-17(10-14-27)29-19-8-7-16(24)15-18(19)25-22(29)30;1-2/h2-3,5-8,15,17H,4,9-14H2,1H3,(H,25,30);1-2H3. The Balaban J connectivity index is 0.00000126. The van der Waals surface area contributed by atoms with E-state index in [1.807, 2.05) is 66.4 Å². The molecular formula is C25H32ClN5O2. The van der Waals surface area contributed by atoms with Gasteiger partial charge < -0.3 is 9.88 Å². The maximum absolute atomic E-state index is 12.6. The molecule has 7 nitrogen and oxygen atoms in total. The fourth-order valence-corrected chi connectivity index (χ4v) is 5.07. The van der Waals surface area contributed by atoms with Gasteiger partial charge in [-0.2, -0.15) is 0 Å². The molecule has 0 spiro atoms. The van der Waals surface area contributed by atoms with Crippen molar-refractivity contribution in [2.45, 2.75) is 45.7 Å². The summed E-state index contributed by atoms with van der Waals surface area (Å²) in [4.78, 5) is 30.5. The molecule has 3 heterocycles. The number of aromatic amines is 1. The van der Waals surface area contributed by atoms with Crippen molar-refractivity contribution in [1.29, 1.82) is 0 Å². The average Bonchev–Trinajstić information content (AvgIpc) is 3.29. The summed E-state index contributed by atoms with van der Waals surface area (Å²) in [6.45, 7) is 7.55. The van der Waals surface area contributed by atoms with Crippen LogP contribution in [-0.2, 0) is 13.6 Å². The van der Waals surface area contributed by atoms with Crippen LogP contribution >= 0.6 is 11.6 Å². The highest BCUT2D eigenvalue weighted by Gasteiger charge is 2.23. The molecule has 8 heteroatoms. The van der Waals surface area contributed by atoms with Crippen molar-refractivity contribution in [3.8, 4) is 0 Å². The van der Waals surface area contributed by atoms with Crippen molar-refractivity contribution in [2.24, 2.45) is 7.05 Å². The molecule has 1 saturated heterocycles. The van der Waals surface area contributed by atoms with E-state index in [1.54, 1.807) is 10.6 Å². The van der Waals surface area contributed by atoms with E-state index in [1.165, 1.54) is 0 Å². The number of benzene rings is 2. The summed E-state index contributed by atoms with van der Waals surface area (Å²) in [5.74, 6) is 0. The number of piperidine rings is 1. The average molecular weight is 470 g/mol. The number of aromatic nitrogens is 4. The first-order chi connectivity index (χ1) is 16.0. The zero-order valence-corrected chi connectivity index (χ0v) is 20.3. The van der Waals surface area contributed by atoms with Crippen molar-refractivity contribution >= 4 is 33.7 Å². The van der Waals surface area contributed by atoms with E-state index in [2.05, 4.69) is 9.88 Å². The number of aryl methyl sites for hydroxylation is 2. The predicted molar refractivity (Wildman–Crippen MR) is 135 cm³/mol. The molecule has 4 aromatic rings. The lowest BCUT2D eigenvalue weighted by molar-refractivity contribution is 0.183. The maximum atomic E-state index is 12.6. The van der Waals surface area contributed by atoms with Crippen LogP contribution < -0.4 is 11.4 Å². The Morgan fingerprint density at radius 1 is 0.970 bits per heavy atom. The Morgan fingerprint density at radius 3 is 2.39 bits per heavy atom. The first-order valence-corrected chi connectivity index (χ1v) is 12.2. The van der Waals surface area contributed by atoms with Crippen LogP contribution in [0.3, 0.4) is 0 Å². The summed E-state index contributed by atoms with van der Waals surface area (Å²) in [6, 6.07) is 13.7. The number of rotatable bonds is 5. The van der Waals surface area contributed by atoms with E-state index in [0.29, 0.717) is 11.6 Å². The number of imidazole rings is 2. The molecule has 0 aliphatic carbocycles. The van der Waals surface area contributed by atoms with Gasteiger partial charge in [-0.1, -0.05) is 37.6 Å². The van der Waals surface area contributed by atoms with Crippen molar-refractivity contribution < 1.29 is 0 Å². The minimum atomic E-state index is -0.0638. The van der Waals surface area contributed by atoms with Gasteiger partial charge in [0.05, 0.1) is 22.1 Å². The van der Waals surface area contributed by atoms with E-state index >= 15 is 0 Å². The summed E-state index contributed by atoms with van der Waals surface area (Å²) in [5, 5.41) is 0.626. The topological polar surface area (TPSA) is 68.0 Å². The number of hydrogen-bond acceptors (Lipinski definition) is 3. The molecule has 0 amide bonds. The molecule has 2 aromatic heterocycles. The van der Waals surface area contributed by atoms with Gasteiger partial charge in [0, 0.05) is 37.7 Å². The number of halogens is 1. The predicted octanol–water partition coefficient (Wildman–Crippen LogP) is 4.39. The molecule has 0 saturated carbocycles. The number of H-pyrrole nitrogens is 1. The first-order valence-electron chi connectivity index (χ1n) is 11.8. The Hall–Kier alpha value is -2.77. The second-order valence-electron chi connectivity index (χ2n) is 8.37. The smallest absolute Gasteiger partial charge is 0.305 e. The zero-order chi connectivity index (χ0) is 23.5. The number of hydrogen-bond donors (Lipinski definition) is 1. The zero-order valence-electron chi connectivity index (χ0n) is 19.6. The van der Waals surface area contributed by atoms with E-state index in [0.717, 1.165) is 61.0 Å². The third-order valence-corrected chi connectivity index (χ3v) is 6.74. The van der Waals surface area contributed by atoms with E-state index < -0.39 is 0 Å². The molecular weight excluding hydrogens is 438 g/mol. The minimum Gasteiger partial charge on any atom is -0.305 e. The Morgan fingerprint density at radius 2 is 1.67 bits per heavy atom. The molecule has 2 aromatic carbocycles. The molecule has 0 bridgehead atoms. The fourth-order valence-electron chi connectivity index (χ4n) is 4.90. The van der Waals surface area contributed by atoms with Crippen LogP contribution in [0, 0.1) is 0 Å². The Kier molecular flexibility index (Phi) is 7.10. The quantitative estimate of drug-likeness (QED) is 0.471. The third kappa shape index (κ3) is 4.52. The monoisotopic (exact) mass is 469 g/mol. The first kappa shape index (κ1) is 23.4. The molecule has 5 rings (SSSR count). The van der Waals surface area contributed by atoms with Crippen LogP contribution in [0.2, 0.25) is 5.02 Å². The molecule has 176 valence electrons.